The van der Waals surface area contributed by atoms with Gasteiger partial charge in [-0.15, -0.1) is 23.5 Å². The van der Waals surface area contributed by atoms with Crippen molar-refractivity contribution in [3.8, 4) is 0 Å². The molecule has 1 rings (SSSR count). The number of carboxylic acid groups (broad SMARTS) is 2. The molecular formula is C12H12Cl4N2O4S2. The zero-order chi connectivity index (χ0) is 18.6. The van der Waals surface area contributed by atoms with E-state index >= 15 is 0 Å². The topological polar surface area (TPSA) is 127 Å². The van der Waals surface area contributed by atoms with Crippen molar-refractivity contribution in [1.29, 1.82) is 0 Å². The van der Waals surface area contributed by atoms with Gasteiger partial charge in [0.25, 0.3) is 0 Å². The lowest BCUT2D eigenvalue weighted by Gasteiger charge is -2.16. The van der Waals surface area contributed by atoms with E-state index in [1.807, 2.05) is 0 Å². The standard InChI is InChI=1S/C12H12Cl4N2O4S2/c13-5-7(15)10(24-2-4(18)12(21)22)8(16)6(14)9(5)23-1-3(17)11(19)20/h3-4H,1-2,17-18H2,(H,19,20)(H,21,22)/t3-,4-/m0/s1. The maximum atomic E-state index is 10.8. The van der Waals surface area contributed by atoms with E-state index in [0.29, 0.717) is 9.79 Å². The van der Waals surface area contributed by atoms with Crippen LogP contribution in [0.3, 0.4) is 0 Å². The van der Waals surface area contributed by atoms with Gasteiger partial charge in [0, 0.05) is 21.3 Å². The summed E-state index contributed by atoms with van der Waals surface area (Å²) >= 11 is 26.7. The molecule has 0 radical (unpaired) electrons. The van der Waals surface area contributed by atoms with Crippen molar-refractivity contribution in [2.75, 3.05) is 11.5 Å². The number of benzene rings is 1. The molecule has 6 nitrogen and oxygen atoms in total. The van der Waals surface area contributed by atoms with Crippen molar-refractivity contribution in [1.82, 2.24) is 0 Å². The van der Waals surface area contributed by atoms with E-state index in [2.05, 4.69) is 0 Å². The highest BCUT2D eigenvalue weighted by atomic mass is 35.5. The maximum Gasteiger partial charge on any atom is 0.321 e. The molecule has 0 bridgehead atoms. The summed E-state index contributed by atoms with van der Waals surface area (Å²) < 4.78 is 0. The Labute approximate surface area is 166 Å². The van der Waals surface area contributed by atoms with Crippen LogP contribution in [0.4, 0.5) is 0 Å². The lowest BCUT2D eigenvalue weighted by molar-refractivity contribution is -0.138. The van der Waals surface area contributed by atoms with Crippen molar-refractivity contribution in [2.24, 2.45) is 11.5 Å². The quantitative estimate of drug-likeness (QED) is 0.348. The fourth-order valence-electron chi connectivity index (χ4n) is 1.33. The summed E-state index contributed by atoms with van der Waals surface area (Å²) in [6, 6.07) is -2.22. The van der Waals surface area contributed by atoms with Gasteiger partial charge in [0.1, 0.15) is 12.1 Å². The molecule has 6 N–H and O–H groups in total. The number of carbonyl (C=O) groups is 2. The zero-order valence-electron chi connectivity index (χ0n) is 11.8. The molecule has 0 saturated heterocycles. The summed E-state index contributed by atoms with van der Waals surface area (Å²) in [4.78, 5) is 22.1. The minimum Gasteiger partial charge on any atom is -0.480 e. The molecule has 1 aromatic carbocycles. The molecule has 0 saturated carbocycles. The molecule has 2 atom stereocenters. The molecule has 0 fully saturated rings. The summed E-state index contributed by atoms with van der Waals surface area (Å²) in [5.41, 5.74) is 10.9. The predicted molar refractivity (Wildman–Crippen MR) is 99.2 cm³/mol. The summed E-state index contributed by atoms with van der Waals surface area (Å²) in [5.74, 6) is -2.31. The van der Waals surface area contributed by atoms with Crippen molar-refractivity contribution >= 4 is 81.9 Å². The normalized spacial score (nSPS) is 13.6. The minimum atomic E-state index is -1.17. The van der Waals surface area contributed by atoms with Crippen LogP contribution in [0.15, 0.2) is 9.79 Å². The SMILES string of the molecule is N[C@@H](CSc1c(Cl)c(Cl)c(SC[C@H](N)C(=O)O)c(Cl)c1Cl)C(=O)O. The first-order valence-corrected chi connectivity index (χ1v) is 9.64. The molecule has 0 aliphatic carbocycles. The molecule has 0 heterocycles. The second-order valence-electron chi connectivity index (χ2n) is 4.43. The van der Waals surface area contributed by atoms with Crippen LogP contribution >= 0.6 is 69.9 Å². The Hall–Kier alpha value is -0.0600. The van der Waals surface area contributed by atoms with Crippen molar-refractivity contribution in [3.63, 3.8) is 0 Å². The number of rotatable bonds is 8. The zero-order valence-corrected chi connectivity index (χ0v) is 16.4. The van der Waals surface area contributed by atoms with Gasteiger partial charge in [0.15, 0.2) is 0 Å². The second-order valence-corrected chi connectivity index (χ2v) is 8.00. The Balaban J connectivity index is 3.07. The Morgan fingerprint density at radius 2 is 1.04 bits per heavy atom. The number of hydrogen-bond donors (Lipinski definition) is 4. The summed E-state index contributed by atoms with van der Waals surface area (Å²) in [5, 5.41) is 17.9. The van der Waals surface area contributed by atoms with E-state index in [0.717, 1.165) is 23.5 Å². The number of thioether (sulfide) groups is 2. The monoisotopic (exact) mass is 452 g/mol. The largest absolute Gasteiger partial charge is 0.480 e. The highest BCUT2D eigenvalue weighted by Gasteiger charge is 2.24. The van der Waals surface area contributed by atoms with E-state index in [-0.39, 0.29) is 31.6 Å². The van der Waals surface area contributed by atoms with Gasteiger partial charge < -0.3 is 21.7 Å². The van der Waals surface area contributed by atoms with E-state index in [4.69, 9.17) is 68.1 Å². The number of hydrogen-bond acceptors (Lipinski definition) is 6. The van der Waals surface area contributed by atoms with Crippen LogP contribution < -0.4 is 11.5 Å². The van der Waals surface area contributed by atoms with Crippen LogP contribution in [0.1, 0.15) is 0 Å². The maximum absolute atomic E-state index is 10.8. The van der Waals surface area contributed by atoms with E-state index < -0.39 is 24.0 Å². The van der Waals surface area contributed by atoms with Gasteiger partial charge in [-0.2, -0.15) is 0 Å². The van der Waals surface area contributed by atoms with Crippen molar-refractivity contribution in [2.45, 2.75) is 21.9 Å². The number of nitrogens with two attached hydrogens (primary N) is 2. The molecule has 0 unspecified atom stereocenters. The van der Waals surface area contributed by atoms with E-state index in [1.54, 1.807) is 0 Å². The third-order valence-corrected chi connectivity index (χ3v) is 7.23. The molecule has 24 heavy (non-hydrogen) atoms. The van der Waals surface area contributed by atoms with Crippen LogP contribution in [-0.2, 0) is 9.59 Å². The van der Waals surface area contributed by atoms with Gasteiger partial charge in [0.05, 0.1) is 20.1 Å². The average Bonchev–Trinajstić information content (AvgIpc) is 2.52. The Morgan fingerprint density at radius 1 is 0.792 bits per heavy atom. The number of aliphatic carboxylic acids is 2. The number of carboxylic acids is 2. The van der Waals surface area contributed by atoms with Gasteiger partial charge in [0.2, 0.25) is 0 Å². The summed E-state index contributed by atoms with van der Waals surface area (Å²) in [7, 11) is 0. The average molecular weight is 454 g/mol. The number of halogens is 4. The van der Waals surface area contributed by atoms with E-state index in [9.17, 15) is 9.59 Å². The summed E-state index contributed by atoms with van der Waals surface area (Å²) in [6.45, 7) is 0. The van der Waals surface area contributed by atoms with Gasteiger partial charge >= 0.3 is 11.9 Å². The van der Waals surface area contributed by atoms with Crippen molar-refractivity contribution in [3.05, 3.63) is 20.1 Å². The second kappa shape index (κ2) is 9.59. The van der Waals surface area contributed by atoms with Gasteiger partial charge in [-0.3, -0.25) is 9.59 Å². The van der Waals surface area contributed by atoms with Crippen molar-refractivity contribution < 1.29 is 19.8 Å². The molecule has 0 aliphatic rings. The third kappa shape index (κ3) is 5.47. The smallest absolute Gasteiger partial charge is 0.321 e. The first kappa shape index (κ1) is 22.0. The first-order valence-electron chi connectivity index (χ1n) is 6.16. The Kier molecular flexibility index (Phi) is 8.78. The lowest BCUT2D eigenvalue weighted by atomic mass is 10.3. The summed E-state index contributed by atoms with van der Waals surface area (Å²) in [6.07, 6.45) is 0. The molecular weight excluding hydrogens is 442 g/mol. The molecule has 0 aliphatic heterocycles. The van der Waals surface area contributed by atoms with Gasteiger partial charge in [-0.1, -0.05) is 46.4 Å². The third-order valence-electron chi connectivity index (χ3n) is 2.63. The van der Waals surface area contributed by atoms with Gasteiger partial charge in [-0.25, -0.2) is 0 Å². The Morgan fingerprint density at radius 3 is 1.25 bits per heavy atom. The van der Waals surface area contributed by atoms with Crippen LogP contribution in [0.2, 0.25) is 20.1 Å². The van der Waals surface area contributed by atoms with Crippen LogP contribution in [0.25, 0.3) is 0 Å². The lowest BCUT2D eigenvalue weighted by Crippen LogP contribution is -2.32. The predicted octanol–water partition coefficient (Wildman–Crippen LogP) is 3.31. The molecule has 12 heteroatoms. The highest BCUT2D eigenvalue weighted by Crippen LogP contribution is 2.49. The van der Waals surface area contributed by atoms with Gasteiger partial charge in [-0.05, 0) is 0 Å². The highest BCUT2D eigenvalue weighted by molar-refractivity contribution is 8.00. The fourth-order valence-corrected chi connectivity index (χ4v) is 4.96. The molecule has 1 aromatic rings. The van der Waals surface area contributed by atoms with E-state index in [1.165, 1.54) is 0 Å². The van der Waals surface area contributed by atoms with Crippen LogP contribution in [0.5, 0.6) is 0 Å². The first-order chi connectivity index (χ1) is 11.1. The molecule has 0 spiro atoms. The Bertz CT molecular complexity index is 578. The minimum absolute atomic E-state index is 0.0117. The van der Waals surface area contributed by atoms with Crippen LogP contribution in [0, 0.1) is 0 Å². The molecule has 0 amide bonds. The van der Waals surface area contributed by atoms with Crippen LogP contribution in [-0.4, -0.2) is 45.7 Å². The molecule has 134 valence electrons. The fraction of sp³-hybridized carbons (Fsp3) is 0.333. The molecule has 0 aromatic heterocycles.